The van der Waals surface area contributed by atoms with E-state index in [4.69, 9.17) is 5.14 Å². The molecule has 3 aromatic rings. The number of aromatic nitrogens is 2. The number of primary sulfonamides is 1. The van der Waals surface area contributed by atoms with Crippen LogP contribution >= 0.6 is 11.8 Å². The maximum Gasteiger partial charge on any atom is 0.257 e. The molecule has 146 valence electrons. The van der Waals surface area contributed by atoms with Crippen LogP contribution in [-0.2, 0) is 21.4 Å². The molecule has 2 aromatic carbocycles. The van der Waals surface area contributed by atoms with Gasteiger partial charge in [-0.2, -0.15) is 0 Å². The molecule has 0 saturated heterocycles. The van der Waals surface area contributed by atoms with Gasteiger partial charge in [-0.25, -0.2) is 18.5 Å². The number of rotatable bonds is 6. The molecule has 0 radical (unpaired) electrons. The molecule has 2 amide bonds. The van der Waals surface area contributed by atoms with Gasteiger partial charge in [0.1, 0.15) is 0 Å². The Morgan fingerprint density at radius 3 is 2.54 bits per heavy atom. The molecule has 0 unspecified atom stereocenters. The first-order chi connectivity index (χ1) is 13.3. The second kappa shape index (κ2) is 8.13. The van der Waals surface area contributed by atoms with Crippen LogP contribution in [-0.4, -0.2) is 35.5 Å². The van der Waals surface area contributed by atoms with E-state index in [1.807, 2.05) is 11.5 Å². The third kappa shape index (κ3) is 4.41. The topological polar surface area (TPSA) is 124 Å². The number of benzene rings is 2. The van der Waals surface area contributed by atoms with E-state index in [0.717, 1.165) is 17.3 Å². The molecule has 0 fully saturated rings. The number of hydrogen-bond donors (Lipinski definition) is 2. The number of sulfonamides is 1. The molecule has 0 aliphatic rings. The van der Waals surface area contributed by atoms with Gasteiger partial charge < -0.3 is 4.57 Å². The SMILES string of the molecule is CCn1c(SCC(=O)NC(=O)c2ccccc2)nc2cc(S(N)(=O)=O)ccc21. The van der Waals surface area contributed by atoms with Crippen LogP contribution in [0.5, 0.6) is 0 Å². The molecule has 0 spiro atoms. The third-order valence-electron chi connectivity index (χ3n) is 3.95. The highest BCUT2D eigenvalue weighted by atomic mass is 32.2. The average molecular weight is 419 g/mol. The number of carbonyl (C=O) groups is 2. The number of amides is 2. The Labute approximate surface area is 166 Å². The molecule has 0 aliphatic carbocycles. The van der Waals surface area contributed by atoms with Gasteiger partial charge >= 0.3 is 0 Å². The smallest absolute Gasteiger partial charge is 0.257 e. The molecule has 3 rings (SSSR count). The highest BCUT2D eigenvalue weighted by Gasteiger charge is 2.16. The first kappa shape index (κ1) is 20.1. The average Bonchev–Trinajstić information content (AvgIpc) is 3.03. The zero-order chi connectivity index (χ0) is 20.3. The van der Waals surface area contributed by atoms with E-state index in [0.29, 0.717) is 22.8 Å². The summed E-state index contributed by atoms with van der Waals surface area (Å²) in [6.07, 6.45) is 0. The molecule has 0 atom stereocenters. The van der Waals surface area contributed by atoms with E-state index < -0.39 is 21.8 Å². The monoisotopic (exact) mass is 418 g/mol. The number of nitrogens with two attached hydrogens (primary N) is 1. The molecule has 0 aliphatic heterocycles. The van der Waals surface area contributed by atoms with Crippen molar-refractivity contribution in [2.45, 2.75) is 23.5 Å². The summed E-state index contributed by atoms with van der Waals surface area (Å²) in [6, 6.07) is 12.9. The number of hydrogen-bond acceptors (Lipinski definition) is 6. The minimum Gasteiger partial charge on any atom is -0.319 e. The first-order valence-corrected chi connectivity index (χ1v) is 10.9. The van der Waals surface area contributed by atoms with Crippen LogP contribution in [0, 0.1) is 0 Å². The number of aryl methyl sites for hydroxylation is 1. The second-order valence-electron chi connectivity index (χ2n) is 5.87. The zero-order valence-corrected chi connectivity index (χ0v) is 16.6. The standard InChI is InChI=1S/C18H18N4O4S2/c1-2-22-15-9-8-13(28(19,25)26)10-14(15)20-18(22)27-11-16(23)21-17(24)12-6-4-3-5-7-12/h3-10H,2,11H2,1H3,(H2,19,25,26)(H,21,23,24). The lowest BCUT2D eigenvalue weighted by Crippen LogP contribution is -2.31. The molecule has 0 bridgehead atoms. The zero-order valence-electron chi connectivity index (χ0n) is 15.0. The van der Waals surface area contributed by atoms with Crippen molar-refractivity contribution in [2.24, 2.45) is 5.14 Å². The van der Waals surface area contributed by atoms with E-state index in [1.54, 1.807) is 36.4 Å². The lowest BCUT2D eigenvalue weighted by Gasteiger charge is -2.06. The summed E-state index contributed by atoms with van der Waals surface area (Å²) in [5.41, 5.74) is 1.60. The van der Waals surface area contributed by atoms with Gasteiger partial charge in [0, 0.05) is 12.1 Å². The van der Waals surface area contributed by atoms with E-state index in [1.165, 1.54) is 12.1 Å². The van der Waals surface area contributed by atoms with Crippen molar-refractivity contribution in [3.63, 3.8) is 0 Å². The minimum atomic E-state index is -3.83. The van der Waals surface area contributed by atoms with Crippen molar-refractivity contribution in [3.8, 4) is 0 Å². The minimum absolute atomic E-state index is 0.00998. The normalized spacial score (nSPS) is 11.5. The Bertz CT molecular complexity index is 1140. The van der Waals surface area contributed by atoms with E-state index in [9.17, 15) is 18.0 Å². The number of thioether (sulfide) groups is 1. The molecule has 10 heteroatoms. The van der Waals surface area contributed by atoms with Crippen molar-refractivity contribution >= 4 is 44.6 Å². The lowest BCUT2D eigenvalue weighted by molar-refractivity contribution is -0.117. The predicted molar refractivity (Wildman–Crippen MR) is 106 cm³/mol. The van der Waals surface area contributed by atoms with Gasteiger partial charge in [-0.15, -0.1) is 0 Å². The van der Waals surface area contributed by atoms with Crippen LogP contribution in [0.15, 0.2) is 58.6 Å². The summed E-state index contributed by atoms with van der Waals surface area (Å²) in [6.45, 7) is 2.50. The summed E-state index contributed by atoms with van der Waals surface area (Å²) in [5, 5.41) is 8.05. The fourth-order valence-electron chi connectivity index (χ4n) is 2.63. The number of imidazole rings is 1. The Morgan fingerprint density at radius 2 is 1.89 bits per heavy atom. The van der Waals surface area contributed by atoms with Crippen molar-refractivity contribution in [2.75, 3.05) is 5.75 Å². The van der Waals surface area contributed by atoms with Gasteiger partial charge in [-0.1, -0.05) is 30.0 Å². The molecule has 0 saturated carbocycles. The number of nitrogens with one attached hydrogen (secondary N) is 1. The Balaban J connectivity index is 1.74. The molecule has 1 heterocycles. The number of carbonyl (C=O) groups excluding carboxylic acids is 2. The fraction of sp³-hybridized carbons (Fsp3) is 0.167. The van der Waals surface area contributed by atoms with Crippen molar-refractivity contribution in [3.05, 3.63) is 54.1 Å². The van der Waals surface area contributed by atoms with Crippen molar-refractivity contribution in [1.82, 2.24) is 14.9 Å². The molecule has 8 nitrogen and oxygen atoms in total. The molecule has 1 aromatic heterocycles. The molecule has 28 heavy (non-hydrogen) atoms. The number of nitrogens with zero attached hydrogens (tertiary/aromatic N) is 2. The van der Waals surface area contributed by atoms with Gasteiger partial charge in [0.25, 0.3) is 5.91 Å². The molecular weight excluding hydrogens is 400 g/mol. The maximum atomic E-state index is 12.1. The summed E-state index contributed by atoms with van der Waals surface area (Å²) in [4.78, 5) is 28.5. The second-order valence-corrected chi connectivity index (χ2v) is 8.37. The van der Waals surface area contributed by atoms with Crippen molar-refractivity contribution < 1.29 is 18.0 Å². The highest BCUT2D eigenvalue weighted by molar-refractivity contribution is 7.99. The number of fused-ring (bicyclic) bond motifs is 1. The van der Waals surface area contributed by atoms with Crippen LogP contribution in [0.4, 0.5) is 0 Å². The maximum absolute atomic E-state index is 12.1. The summed E-state index contributed by atoms with van der Waals surface area (Å²) < 4.78 is 24.9. The molecular formula is C18H18N4O4S2. The van der Waals surface area contributed by atoms with E-state index >= 15 is 0 Å². The van der Waals surface area contributed by atoms with Crippen LogP contribution in [0.2, 0.25) is 0 Å². The number of imide groups is 1. The summed E-state index contributed by atoms with van der Waals surface area (Å²) in [7, 11) is -3.83. The summed E-state index contributed by atoms with van der Waals surface area (Å²) >= 11 is 1.16. The van der Waals surface area contributed by atoms with Crippen molar-refractivity contribution in [1.29, 1.82) is 0 Å². The first-order valence-electron chi connectivity index (χ1n) is 8.34. The van der Waals surface area contributed by atoms with Crippen LogP contribution in [0.1, 0.15) is 17.3 Å². The summed E-state index contributed by atoms with van der Waals surface area (Å²) in [5.74, 6) is -0.920. The van der Waals surface area contributed by atoms with Gasteiger partial charge in [0.15, 0.2) is 5.16 Å². The van der Waals surface area contributed by atoms with Gasteiger partial charge in [-0.05, 0) is 37.3 Å². The predicted octanol–water partition coefficient (Wildman–Crippen LogP) is 1.75. The van der Waals surface area contributed by atoms with Gasteiger partial charge in [0.05, 0.1) is 21.7 Å². The van der Waals surface area contributed by atoms with E-state index in [2.05, 4.69) is 10.3 Å². The fourth-order valence-corrected chi connectivity index (χ4v) is 4.05. The van der Waals surface area contributed by atoms with Crippen LogP contribution < -0.4 is 10.5 Å². The van der Waals surface area contributed by atoms with Crippen LogP contribution in [0.25, 0.3) is 11.0 Å². The Hall–Kier alpha value is -2.69. The van der Waals surface area contributed by atoms with E-state index in [-0.39, 0.29) is 10.6 Å². The highest BCUT2D eigenvalue weighted by Crippen LogP contribution is 2.25. The Kier molecular flexibility index (Phi) is 5.82. The Morgan fingerprint density at radius 1 is 1.18 bits per heavy atom. The quantitative estimate of drug-likeness (QED) is 0.588. The van der Waals surface area contributed by atoms with Gasteiger partial charge in [-0.3, -0.25) is 14.9 Å². The lowest BCUT2D eigenvalue weighted by atomic mass is 10.2. The largest absolute Gasteiger partial charge is 0.319 e. The van der Waals surface area contributed by atoms with Gasteiger partial charge in [0.2, 0.25) is 15.9 Å². The van der Waals surface area contributed by atoms with Crippen LogP contribution in [0.3, 0.4) is 0 Å². The molecule has 3 N–H and O–H groups in total. The third-order valence-corrected chi connectivity index (χ3v) is 5.84.